The third-order valence-electron chi connectivity index (χ3n) is 2.92. The minimum atomic E-state index is -0.614. The van der Waals surface area contributed by atoms with Crippen LogP contribution in [0.1, 0.15) is 18.4 Å². The Balaban J connectivity index is 2.03. The van der Waals surface area contributed by atoms with Crippen molar-refractivity contribution in [3.63, 3.8) is 0 Å². The maximum Gasteiger partial charge on any atom is 0.244 e. The number of amides is 1. The van der Waals surface area contributed by atoms with E-state index in [4.69, 9.17) is 5.73 Å². The van der Waals surface area contributed by atoms with Crippen molar-refractivity contribution in [1.29, 1.82) is 0 Å². The van der Waals surface area contributed by atoms with Crippen LogP contribution < -0.4 is 11.1 Å². The van der Waals surface area contributed by atoms with Crippen LogP contribution in [0.2, 0.25) is 0 Å². The SMILES string of the molecule is CN(C)Cc1cccc(NC(=O)C2(N)CC2)c1. The normalized spacial score (nSPS) is 16.9. The van der Waals surface area contributed by atoms with Crippen LogP contribution >= 0.6 is 0 Å². The summed E-state index contributed by atoms with van der Waals surface area (Å²) in [6.45, 7) is 0.859. The zero-order valence-corrected chi connectivity index (χ0v) is 10.4. The molecule has 0 saturated heterocycles. The van der Waals surface area contributed by atoms with Gasteiger partial charge in [-0.15, -0.1) is 0 Å². The third kappa shape index (κ3) is 3.05. The van der Waals surface area contributed by atoms with Gasteiger partial charge >= 0.3 is 0 Å². The van der Waals surface area contributed by atoms with Gasteiger partial charge in [-0.25, -0.2) is 0 Å². The van der Waals surface area contributed by atoms with Gasteiger partial charge in [0, 0.05) is 12.2 Å². The van der Waals surface area contributed by atoms with Gasteiger partial charge in [0.15, 0.2) is 0 Å². The molecule has 17 heavy (non-hydrogen) atoms. The van der Waals surface area contributed by atoms with E-state index in [1.165, 1.54) is 5.56 Å². The molecule has 0 spiro atoms. The summed E-state index contributed by atoms with van der Waals surface area (Å²) in [7, 11) is 4.04. The molecule has 2 rings (SSSR count). The molecule has 0 heterocycles. The van der Waals surface area contributed by atoms with Gasteiger partial charge in [-0.05, 0) is 44.6 Å². The van der Waals surface area contributed by atoms with Gasteiger partial charge < -0.3 is 16.0 Å². The molecule has 4 heteroatoms. The zero-order chi connectivity index (χ0) is 12.5. The summed E-state index contributed by atoms with van der Waals surface area (Å²) >= 11 is 0. The molecule has 1 aromatic rings. The minimum Gasteiger partial charge on any atom is -0.324 e. The molecule has 0 aromatic heterocycles. The molecule has 1 aliphatic rings. The first-order valence-electron chi connectivity index (χ1n) is 5.84. The first-order chi connectivity index (χ1) is 7.99. The van der Waals surface area contributed by atoms with E-state index in [9.17, 15) is 4.79 Å². The summed E-state index contributed by atoms with van der Waals surface area (Å²) in [4.78, 5) is 13.9. The number of carbonyl (C=O) groups is 1. The quantitative estimate of drug-likeness (QED) is 0.821. The Hall–Kier alpha value is -1.39. The van der Waals surface area contributed by atoms with Crippen LogP contribution in [0.25, 0.3) is 0 Å². The van der Waals surface area contributed by atoms with Crippen molar-refractivity contribution in [2.75, 3.05) is 19.4 Å². The summed E-state index contributed by atoms with van der Waals surface area (Å²) < 4.78 is 0. The van der Waals surface area contributed by atoms with E-state index in [0.717, 1.165) is 25.1 Å². The minimum absolute atomic E-state index is 0.0699. The van der Waals surface area contributed by atoms with Crippen LogP contribution in [0.15, 0.2) is 24.3 Å². The lowest BCUT2D eigenvalue weighted by molar-refractivity contribution is -0.118. The predicted molar refractivity (Wildman–Crippen MR) is 68.6 cm³/mol. The Morgan fingerprint density at radius 2 is 2.18 bits per heavy atom. The van der Waals surface area contributed by atoms with Gasteiger partial charge in [-0.2, -0.15) is 0 Å². The number of nitrogens with two attached hydrogens (primary N) is 1. The largest absolute Gasteiger partial charge is 0.324 e. The van der Waals surface area contributed by atoms with Gasteiger partial charge in [0.05, 0.1) is 5.54 Å². The van der Waals surface area contributed by atoms with Crippen LogP contribution in [0, 0.1) is 0 Å². The lowest BCUT2D eigenvalue weighted by Crippen LogP contribution is -2.37. The third-order valence-corrected chi connectivity index (χ3v) is 2.92. The van der Waals surface area contributed by atoms with Gasteiger partial charge in [0.1, 0.15) is 0 Å². The van der Waals surface area contributed by atoms with Crippen LogP contribution in [0.3, 0.4) is 0 Å². The summed E-state index contributed by atoms with van der Waals surface area (Å²) in [5.74, 6) is -0.0699. The highest BCUT2D eigenvalue weighted by atomic mass is 16.2. The second-order valence-corrected chi connectivity index (χ2v) is 5.05. The van der Waals surface area contributed by atoms with Gasteiger partial charge in [0.2, 0.25) is 5.91 Å². The molecular weight excluding hydrogens is 214 g/mol. The molecule has 1 aliphatic carbocycles. The van der Waals surface area contributed by atoms with Crippen LogP contribution in [-0.2, 0) is 11.3 Å². The van der Waals surface area contributed by atoms with Gasteiger partial charge in [0.25, 0.3) is 0 Å². The lowest BCUT2D eigenvalue weighted by Gasteiger charge is -2.13. The zero-order valence-electron chi connectivity index (χ0n) is 10.4. The van der Waals surface area contributed by atoms with E-state index < -0.39 is 5.54 Å². The van der Waals surface area contributed by atoms with Gasteiger partial charge in [-0.3, -0.25) is 4.79 Å². The lowest BCUT2D eigenvalue weighted by atomic mass is 10.2. The summed E-state index contributed by atoms with van der Waals surface area (Å²) in [6, 6.07) is 7.88. The summed E-state index contributed by atoms with van der Waals surface area (Å²) in [5.41, 5.74) is 7.22. The highest BCUT2D eigenvalue weighted by molar-refractivity contribution is 6.00. The first kappa shape index (κ1) is 12.1. The van der Waals surface area contributed by atoms with E-state index in [-0.39, 0.29) is 5.91 Å². The Morgan fingerprint density at radius 3 is 2.76 bits per heavy atom. The fourth-order valence-corrected chi connectivity index (χ4v) is 1.73. The highest BCUT2D eigenvalue weighted by Crippen LogP contribution is 2.33. The second-order valence-electron chi connectivity index (χ2n) is 5.05. The molecule has 4 nitrogen and oxygen atoms in total. The van der Waals surface area contributed by atoms with Crippen LogP contribution in [-0.4, -0.2) is 30.4 Å². The molecule has 3 N–H and O–H groups in total. The van der Waals surface area contributed by atoms with E-state index >= 15 is 0 Å². The number of nitrogens with zero attached hydrogens (tertiary/aromatic N) is 1. The Labute approximate surface area is 102 Å². The Kier molecular flexibility index (Phi) is 3.17. The average Bonchev–Trinajstić information content (AvgIpc) is 2.97. The number of rotatable bonds is 4. The summed E-state index contributed by atoms with van der Waals surface area (Å²) in [6.07, 6.45) is 1.58. The van der Waals surface area contributed by atoms with Crippen molar-refractivity contribution < 1.29 is 4.79 Å². The molecule has 1 saturated carbocycles. The Bertz CT molecular complexity index is 424. The number of nitrogens with one attached hydrogen (secondary N) is 1. The maximum atomic E-state index is 11.8. The van der Waals surface area contributed by atoms with Crippen molar-refractivity contribution in [3.8, 4) is 0 Å². The van der Waals surface area contributed by atoms with E-state index in [2.05, 4.69) is 10.2 Å². The van der Waals surface area contributed by atoms with Crippen LogP contribution in [0.4, 0.5) is 5.69 Å². The molecule has 1 amide bonds. The van der Waals surface area contributed by atoms with E-state index in [1.54, 1.807) is 0 Å². The number of anilines is 1. The molecule has 0 atom stereocenters. The highest BCUT2D eigenvalue weighted by Gasteiger charge is 2.45. The fourth-order valence-electron chi connectivity index (χ4n) is 1.73. The van der Waals surface area contributed by atoms with Crippen molar-refractivity contribution in [3.05, 3.63) is 29.8 Å². The molecule has 92 valence electrons. The number of carbonyl (C=O) groups excluding carboxylic acids is 1. The molecule has 1 fully saturated rings. The van der Waals surface area contributed by atoms with Gasteiger partial charge in [-0.1, -0.05) is 12.1 Å². The Morgan fingerprint density at radius 1 is 1.47 bits per heavy atom. The monoisotopic (exact) mass is 233 g/mol. The van der Waals surface area contributed by atoms with Crippen molar-refractivity contribution >= 4 is 11.6 Å². The topological polar surface area (TPSA) is 58.4 Å². The molecule has 1 aromatic carbocycles. The fraction of sp³-hybridized carbons (Fsp3) is 0.462. The molecule has 0 bridgehead atoms. The smallest absolute Gasteiger partial charge is 0.244 e. The van der Waals surface area contributed by atoms with Crippen molar-refractivity contribution in [2.24, 2.45) is 5.73 Å². The predicted octanol–water partition coefficient (Wildman–Crippen LogP) is 1.18. The maximum absolute atomic E-state index is 11.8. The number of hydrogen-bond donors (Lipinski definition) is 2. The molecule has 0 unspecified atom stereocenters. The standard InChI is InChI=1S/C13H19N3O/c1-16(2)9-10-4-3-5-11(8-10)15-12(17)13(14)6-7-13/h3-5,8H,6-7,9,14H2,1-2H3,(H,15,17). The average molecular weight is 233 g/mol. The number of benzene rings is 1. The molecule has 0 radical (unpaired) electrons. The van der Waals surface area contributed by atoms with Crippen molar-refractivity contribution in [2.45, 2.75) is 24.9 Å². The van der Waals surface area contributed by atoms with E-state index in [1.807, 2.05) is 38.4 Å². The van der Waals surface area contributed by atoms with Crippen molar-refractivity contribution in [1.82, 2.24) is 4.90 Å². The number of hydrogen-bond acceptors (Lipinski definition) is 3. The first-order valence-corrected chi connectivity index (χ1v) is 5.84. The molecular formula is C13H19N3O. The second kappa shape index (κ2) is 4.47. The van der Waals surface area contributed by atoms with Crippen LogP contribution in [0.5, 0.6) is 0 Å². The summed E-state index contributed by atoms with van der Waals surface area (Å²) in [5, 5.41) is 2.88. The van der Waals surface area contributed by atoms with E-state index in [0.29, 0.717) is 0 Å². The molecule has 0 aliphatic heterocycles.